The Labute approximate surface area is 114 Å². The SMILES string of the molecule is O=C(O)NC1CC(Oc2ccc(C3CC3(F)F)cc2)C1. The van der Waals surface area contributed by atoms with Gasteiger partial charge < -0.3 is 15.2 Å². The predicted octanol–water partition coefficient (Wildman–Crippen LogP) is 2.99. The van der Waals surface area contributed by atoms with Crippen LogP contribution >= 0.6 is 0 Å². The Balaban J connectivity index is 1.49. The van der Waals surface area contributed by atoms with Gasteiger partial charge in [-0.1, -0.05) is 12.1 Å². The Kier molecular flexibility index (Phi) is 3.03. The normalized spacial score (nSPS) is 30.2. The molecule has 0 spiro atoms. The van der Waals surface area contributed by atoms with E-state index in [0.29, 0.717) is 24.2 Å². The van der Waals surface area contributed by atoms with Crippen LogP contribution in [0.2, 0.25) is 0 Å². The van der Waals surface area contributed by atoms with Gasteiger partial charge >= 0.3 is 6.09 Å². The Morgan fingerprint density at radius 2 is 1.90 bits per heavy atom. The first-order valence-corrected chi connectivity index (χ1v) is 6.58. The van der Waals surface area contributed by atoms with E-state index in [4.69, 9.17) is 9.84 Å². The third kappa shape index (κ3) is 2.69. The van der Waals surface area contributed by atoms with E-state index in [2.05, 4.69) is 5.32 Å². The van der Waals surface area contributed by atoms with Gasteiger partial charge in [0.25, 0.3) is 5.92 Å². The molecule has 1 aromatic rings. The molecule has 2 fully saturated rings. The Hall–Kier alpha value is -1.85. The average Bonchev–Trinajstić information content (AvgIpc) is 2.96. The van der Waals surface area contributed by atoms with Gasteiger partial charge in [0, 0.05) is 25.3 Å². The minimum Gasteiger partial charge on any atom is -0.490 e. The first-order valence-electron chi connectivity index (χ1n) is 6.58. The van der Waals surface area contributed by atoms with Crippen molar-refractivity contribution < 1.29 is 23.4 Å². The van der Waals surface area contributed by atoms with Crippen molar-refractivity contribution >= 4 is 6.09 Å². The van der Waals surface area contributed by atoms with Crippen LogP contribution in [0.25, 0.3) is 0 Å². The number of rotatable bonds is 4. The summed E-state index contributed by atoms with van der Waals surface area (Å²) in [5, 5.41) is 10.9. The molecule has 0 aromatic heterocycles. The lowest BCUT2D eigenvalue weighted by Crippen LogP contribution is -2.48. The maximum absolute atomic E-state index is 12.9. The molecule has 0 saturated heterocycles. The fourth-order valence-electron chi connectivity index (χ4n) is 2.50. The number of benzene rings is 1. The van der Waals surface area contributed by atoms with Gasteiger partial charge in [-0.05, 0) is 17.7 Å². The number of ether oxygens (including phenoxy) is 1. The third-order valence-electron chi connectivity index (χ3n) is 3.83. The molecule has 3 rings (SSSR count). The maximum atomic E-state index is 12.9. The lowest BCUT2D eigenvalue weighted by atomic mass is 9.89. The number of halogens is 2. The van der Waals surface area contributed by atoms with Crippen molar-refractivity contribution in [3.05, 3.63) is 29.8 Å². The molecule has 2 aliphatic carbocycles. The molecule has 0 bridgehead atoms. The summed E-state index contributed by atoms with van der Waals surface area (Å²) in [6.07, 6.45) is 0.158. The number of carboxylic acid groups (broad SMARTS) is 1. The second kappa shape index (κ2) is 4.61. The van der Waals surface area contributed by atoms with Crippen LogP contribution in [0, 0.1) is 0 Å². The van der Waals surface area contributed by atoms with Crippen LogP contribution in [0.1, 0.15) is 30.7 Å². The first-order chi connectivity index (χ1) is 9.44. The largest absolute Gasteiger partial charge is 0.490 e. The third-order valence-corrected chi connectivity index (χ3v) is 3.83. The van der Waals surface area contributed by atoms with Crippen LogP contribution in [-0.2, 0) is 0 Å². The molecule has 1 unspecified atom stereocenters. The average molecular weight is 283 g/mol. The van der Waals surface area contributed by atoms with Crippen molar-refractivity contribution in [3.8, 4) is 5.75 Å². The minimum absolute atomic E-state index is 0.0138. The highest BCUT2D eigenvalue weighted by molar-refractivity contribution is 5.65. The monoisotopic (exact) mass is 283 g/mol. The van der Waals surface area contributed by atoms with Gasteiger partial charge in [0.1, 0.15) is 11.9 Å². The molecular weight excluding hydrogens is 268 g/mol. The molecule has 1 atom stereocenters. The molecule has 0 aliphatic heterocycles. The molecule has 4 nitrogen and oxygen atoms in total. The van der Waals surface area contributed by atoms with E-state index in [1.165, 1.54) is 0 Å². The molecular formula is C14H15F2NO3. The molecule has 0 radical (unpaired) electrons. The van der Waals surface area contributed by atoms with Gasteiger partial charge in [-0.25, -0.2) is 13.6 Å². The molecule has 1 amide bonds. The topological polar surface area (TPSA) is 58.6 Å². The quantitative estimate of drug-likeness (QED) is 0.893. The van der Waals surface area contributed by atoms with Gasteiger partial charge in [0.15, 0.2) is 0 Å². The molecule has 2 aliphatic rings. The second-order valence-corrected chi connectivity index (χ2v) is 5.44. The van der Waals surface area contributed by atoms with E-state index in [-0.39, 0.29) is 18.6 Å². The molecule has 20 heavy (non-hydrogen) atoms. The molecule has 2 N–H and O–H groups in total. The second-order valence-electron chi connectivity index (χ2n) is 5.44. The Morgan fingerprint density at radius 3 is 2.40 bits per heavy atom. The zero-order valence-electron chi connectivity index (χ0n) is 10.7. The highest BCUT2D eigenvalue weighted by atomic mass is 19.3. The highest BCUT2D eigenvalue weighted by Gasteiger charge is 2.57. The zero-order chi connectivity index (χ0) is 14.3. The van der Waals surface area contributed by atoms with Crippen LogP contribution < -0.4 is 10.1 Å². The van der Waals surface area contributed by atoms with Crippen molar-refractivity contribution in [2.45, 2.75) is 43.2 Å². The van der Waals surface area contributed by atoms with Gasteiger partial charge in [-0.15, -0.1) is 0 Å². The summed E-state index contributed by atoms with van der Waals surface area (Å²) in [6.45, 7) is 0. The summed E-state index contributed by atoms with van der Waals surface area (Å²) in [5.41, 5.74) is 0.640. The fraction of sp³-hybridized carbons (Fsp3) is 0.500. The molecule has 6 heteroatoms. The Morgan fingerprint density at radius 1 is 1.30 bits per heavy atom. The van der Waals surface area contributed by atoms with Crippen LogP contribution in [0.3, 0.4) is 0 Å². The van der Waals surface area contributed by atoms with E-state index >= 15 is 0 Å². The molecule has 108 valence electrons. The number of alkyl halides is 2. The summed E-state index contributed by atoms with van der Waals surface area (Å²) >= 11 is 0. The smallest absolute Gasteiger partial charge is 0.404 e. The van der Waals surface area contributed by atoms with Crippen molar-refractivity contribution in [3.63, 3.8) is 0 Å². The summed E-state index contributed by atoms with van der Waals surface area (Å²) < 4.78 is 31.5. The van der Waals surface area contributed by atoms with Crippen molar-refractivity contribution in [1.29, 1.82) is 0 Å². The summed E-state index contributed by atoms with van der Waals surface area (Å²) in [4.78, 5) is 10.4. The van der Waals surface area contributed by atoms with E-state index < -0.39 is 17.9 Å². The van der Waals surface area contributed by atoms with Crippen LogP contribution in [0.5, 0.6) is 5.75 Å². The highest BCUT2D eigenvalue weighted by Crippen LogP contribution is 2.55. The van der Waals surface area contributed by atoms with Crippen molar-refractivity contribution in [2.75, 3.05) is 0 Å². The van der Waals surface area contributed by atoms with Gasteiger partial charge in [-0.3, -0.25) is 0 Å². The number of nitrogens with one attached hydrogen (secondary N) is 1. The zero-order valence-corrected chi connectivity index (χ0v) is 10.7. The van der Waals surface area contributed by atoms with E-state index in [0.717, 1.165) is 0 Å². The van der Waals surface area contributed by atoms with Crippen molar-refractivity contribution in [2.24, 2.45) is 0 Å². The summed E-state index contributed by atoms with van der Waals surface area (Å²) in [5.74, 6) is -2.56. The van der Waals surface area contributed by atoms with Crippen LogP contribution in [0.4, 0.5) is 13.6 Å². The molecule has 1 aromatic carbocycles. The van der Waals surface area contributed by atoms with E-state index in [1.807, 2.05) is 0 Å². The maximum Gasteiger partial charge on any atom is 0.404 e. The molecule has 2 saturated carbocycles. The molecule has 0 heterocycles. The van der Waals surface area contributed by atoms with Gasteiger partial charge in [0.05, 0.1) is 5.92 Å². The predicted molar refractivity (Wildman–Crippen MR) is 67.3 cm³/mol. The first kappa shape index (κ1) is 13.1. The van der Waals surface area contributed by atoms with Crippen LogP contribution in [0.15, 0.2) is 24.3 Å². The fourth-order valence-corrected chi connectivity index (χ4v) is 2.50. The summed E-state index contributed by atoms with van der Waals surface area (Å²) in [6, 6.07) is 6.68. The minimum atomic E-state index is -2.55. The number of hydrogen-bond acceptors (Lipinski definition) is 2. The lowest BCUT2D eigenvalue weighted by Gasteiger charge is -2.35. The Bertz CT molecular complexity index is 512. The van der Waals surface area contributed by atoms with Crippen molar-refractivity contribution in [1.82, 2.24) is 5.32 Å². The number of hydrogen-bond donors (Lipinski definition) is 2. The van der Waals surface area contributed by atoms with E-state index in [1.54, 1.807) is 24.3 Å². The van der Waals surface area contributed by atoms with Gasteiger partial charge in [0.2, 0.25) is 0 Å². The number of amides is 1. The lowest BCUT2D eigenvalue weighted by molar-refractivity contribution is 0.0832. The van der Waals surface area contributed by atoms with Crippen LogP contribution in [-0.4, -0.2) is 29.3 Å². The summed E-state index contributed by atoms with van der Waals surface area (Å²) in [7, 11) is 0. The van der Waals surface area contributed by atoms with Gasteiger partial charge in [-0.2, -0.15) is 0 Å². The number of carbonyl (C=O) groups is 1. The standard InChI is InChI=1S/C14H15F2NO3/c15-14(16)7-12(14)8-1-3-10(4-2-8)20-11-5-9(6-11)17-13(18)19/h1-4,9,11-12,17H,5-7H2,(H,18,19). The van der Waals surface area contributed by atoms with E-state index in [9.17, 15) is 13.6 Å².